The number of carbonyl (C=O) groups excluding carboxylic acids is 1. The van der Waals surface area contributed by atoms with Crippen LogP contribution in [0.5, 0.6) is 0 Å². The molecule has 1 aliphatic heterocycles. The first-order valence-corrected chi connectivity index (χ1v) is 8.09. The molecule has 2 atom stereocenters. The molecule has 1 aliphatic rings. The van der Waals surface area contributed by atoms with E-state index in [0.29, 0.717) is 18.0 Å². The highest BCUT2D eigenvalue weighted by atomic mass is 32.2. The predicted molar refractivity (Wildman–Crippen MR) is 79.1 cm³/mol. The van der Waals surface area contributed by atoms with Gasteiger partial charge in [-0.2, -0.15) is 0 Å². The van der Waals surface area contributed by atoms with Gasteiger partial charge in [0.2, 0.25) is 5.82 Å². The third-order valence-electron chi connectivity index (χ3n) is 3.33. The Bertz CT molecular complexity index is 531. The molecule has 1 amide bonds. The van der Waals surface area contributed by atoms with Crippen molar-refractivity contribution in [1.82, 2.24) is 20.1 Å². The molecular formula is C13H20N4O3S. The van der Waals surface area contributed by atoms with E-state index < -0.39 is 17.9 Å². The standard InChI is InChI=1S/C13H20N4O3S/c1-4-5-9-14-10(16-15-9)11(18)17-8(13(19)20)6-21-12(17)7(2)3/h7-8,12H,4-6H2,1-3H3,(H,19,20)(H,14,15,16). The molecule has 0 aliphatic carbocycles. The van der Waals surface area contributed by atoms with Gasteiger partial charge in [0.05, 0.1) is 5.37 Å². The maximum Gasteiger partial charge on any atom is 0.327 e. The Morgan fingerprint density at radius 1 is 1.52 bits per heavy atom. The molecule has 7 nitrogen and oxygen atoms in total. The number of aliphatic carboxylic acids is 1. The van der Waals surface area contributed by atoms with Gasteiger partial charge < -0.3 is 10.0 Å². The first kappa shape index (κ1) is 15.8. The van der Waals surface area contributed by atoms with Gasteiger partial charge in [0.1, 0.15) is 11.9 Å². The number of carboxylic acid groups (broad SMARTS) is 1. The van der Waals surface area contributed by atoms with Gasteiger partial charge in [-0.15, -0.1) is 16.9 Å². The van der Waals surface area contributed by atoms with Crippen molar-refractivity contribution in [1.29, 1.82) is 0 Å². The van der Waals surface area contributed by atoms with Crippen molar-refractivity contribution in [2.24, 2.45) is 5.92 Å². The molecule has 1 saturated heterocycles. The molecule has 0 bridgehead atoms. The third-order valence-corrected chi connectivity index (χ3v) is 4.96. The Balaban J connectivity index is 2.25. The first-order chi connectivity index (χ1) is 9.95. The minimum absolute atomic E-state index is 0.0536. The summed E-state index contributed by atoms with van der Waals surface area (Å²) in [4.78, 5) is 29.6. The number of hydrogen-bond donors (Lipinski definition) is 2. The molecule has 0 spiro atoms. The number of nitrogens with zero attached hydrogens (tertiary/aromatic N) is 3. The van der Waals surface area contributed by atoms with Crippen molar-refractivity contribution in [2.45, 2.75) is 45.0 Å². The van der Waals surface area contributed by atoms with Crippen molar-refractivity contribution in [3.05, 3.63) is 11.6 Å². The highest BCUT2D eigenvalue weighted by Gasteiger charge is 2.44. The molecule has 1 aromatic heterocycles. The smallest absolute Gasteiger partial charge is 0.327 e. The molecule has 116 valence electrons. The number of thioether (sulfide) groups is 1. The minimum Gasteiger partial charge on any atom is -0.480 e. The van der Waals surface area contributed by atoms with Crippen LogP contribution in [0.25, 0.3) is 0 Å². The van der Waals surface area contributed by atoms with Crippen molar-refractivity contribution < 1.29 is 14.7 Å². The SMILES string of the molecule is CCCc1nc(C(=O)N2C(C(=O)O)CSC2C(C)C)n[nH]1. The highest BCUT2D eigenvalue weighted by molar-refractivity contribution is 8.00. The van der Waals surface area contributed by atoms with Crippen LogP contribution in [-0.2, 0) is 11.2 Å². The van der Waals surface area contributed by atoms with Gasteiger partial charge in [0, 0.05) is 12.2 Å². The van der Waals surface area contributed by atoms with Crippen molar-refractivity contribution in [3.63, 3.8) is 0 Å². The maximum atomic E-state index is 12.6. The number of carboxylic acids is 1. The lowest BCUT2D eigenvalue weighted by Crippen LogP contribution is -2.47. The monoisotopic (exact) mass is 312 g/mol. The zero-order chi connectivity index (χ0) is 15.6. The van der Waals surface area contributed by atoms with Crippen LogP contribution in [0.1, 0.15) is 43.6 Å². The molecule has 0 radical (unpaired) electrons. The number of aryl methyl sites for hydroxylation is 1. The molecule has 0 saturated carbocycles. The molecule has 2 N–H and O–H groups in total. The number of aromatic amines is 1. The lowest BCUT2D eigenvalue weighted by molar-refractivity contribution is -0.141. The summed E-state index contributed by atoms with van der Waals surface area (Å²) in [6.07, 6.45) is 1.61. The van der Waals surface area contributed by atoms with Gasteiger partial charge in [0.15, 0.2) is 0 Å². The molecule has 8 heteroatoms. The summed E-state index contributed by atoms with van der Waals surface area (Å²) in [6.45, 7) is 5.96. The van der Waals surface area contributed by atoms with Gasteiger partial charge in [-0.1, -0.05) is 20.8 Å². The van der Waals surface area contributed by atoms with E-state index in [1.54, 1.807) is 0 Å². The van der Waals surface area contributed by atoms with Crippen molar-refractivity contribution >= 4 is 23.6 Å². The van der Waals surface area contributed by atoms with Crippen LogP contribution in [0.15, 0.2) is 0 Å². The van der Waals surface area contributed by atoms with Crippen LogP contribution in [-0.4, -0.2) is 54.2 Å². The summed E-state index contributed by atoms with van der Waals surface area (Å²) in [5, 5.41) is 15.8. The number of nitrogens with one attached hydrogen (secondary N) is 1. The summed E-state index contributed by atoms with van der Waals surface area (Å²) < 4.78 is 0. The quantitative estimate of drug-likeness (QED) is 0.852. The van der Waals surface area contributed by atoms with Crippen molar-refractivity contribution in [3.8, 4) is 0 Å². The van der Waals surface area contributed by atoms with Gasteiger partial charge in [-0.05, 0) is 12.3 Å². The number of carbonyl (C=O) groups is 2. The van der Waals surface area contributed by atoms with Crippen LogP contribution in [0, 0.1) is 5.92 Å². The summed E-state index contributed by atoms with van der Waals surface area (Å²) in [5.74, 6) is -0.125. The van der Waals surface area contributed by atoms with Crippen LogP contribution in [0.3, 0.4) is 0 Å². The van der Waals surface area contributed by atoms with E-state index in [9.17, 15) is 14.7 Å². The molecule has 2 unspecified atom stereocenters. The van der Waals surface area contributed by atoms with Gasteiger partial charge >= 0.3 is 5.97 Å². The van der Waals surface area contributed by atoms with Crippen LogP contribution < -0.4 is 0 Å². The molecule has 1 fully saturated rings. The maximum absolute atomic E-state index is 12.6. The Morgan fingerprint density at radius 3 is 2.81 bits per heavy atom. The fourth-order valence-corrected chi connectivity index (χ4v) is 3.81. The van der Waals surface area contributed by atoms with Gasteiger partial charge in [0.25, 0.3) is 5.91 Å². The average molecular weight is 312 g/mol. The fraction of sp³-hybridized carbons (Fsp3) is 0.692. The second kappa shape index (κ2) is 6.46. The molecule has 0 aromatic carbocycles. The van der Waals surface area contributed by atoms with Crippen LogP contribution in [0.2, 0.25) is 0 Å². The second-order valence-electron chi connectivity index (χ2n) is 5.39. The van der Waals surface area contributed by atoms with Crippen LogP contribution >= 0.6 is 11.8 Å². The number of aromatic nitrogens is 3. The predicted octanol–water partition coefficient (Wildman–Crippen LogP) is 1.38. The molecule has 2 heterocycles. The Hall–Kier alpha value is -1.57. The zero-order valence-corrected chi connectivity index (χ0v) is 13.2. The first-order valence-electron chi connectivity index (χ1n) is 7.04. The number of rotatable bonds is 5. The molecule has 2 rings (SSSR count). The summed E-state index contributed by atoms with van der Waals surface area (Å²) >= 11 is 1.49. The van der Waals surface area contributed by atoms with E-state index in [4.69, 9.17) is 0 Å². The average Bonchev–Trinajstić information content (AvgIpc) is 3.04. The van der Waals surface area contributed by atoms with Crippen molar-refractivity contribution in [2.75, 3.05) is 5.75 Å². The summed E-state index contributed by atoms with van der Waals surface area (Å²) in [7, 11) is 0. The largest absolute Gasteiger partial charge is 0.480 e. The van der Waals surface area contributed by atoms with E-state index in [0.717, 1.165) is 6.42 Å². The van der Waals surface area contributed by atoms with E-state index >= 15 is 0 Å². The zero-order valence-electron chi connectivity index (χ0n) is 12.4. The molecular weight excluding hydrogens is 292 g/mol. The summed E-state index contributed by atoms with van der Waals surface area (Å²) in [5.41, 5.74) is 0. The Labute approximate surface area is 127 Å². The topological polar surface area (TPSA) is 99.2 Å². The van der Waals surface area contributed by atoms with Gasteiger partial charge in [-0.25, -0.2) is 9.78 Å². The second-order valence-corrected chi connectivity index (χ2v) is 6.54. The normalized spacial score (nSPS) is 22.0. The van der Waals surface area contributed by atoms with Crippen LogP contribution in [0.4, 0.5) is 0 Å². The lowest BCUT2D eigenvalue weighted by atomic mass is 10.1. The fourth-order valence-electron chi connectivity index (χ4n) is 2.34. The molecule has 1 aromatic rings. The minimum atomic E-state index is -0.983. The third kappa shape index (κ3) is 3.20. The van der Waals surface area contributed by atoms with E-state index in [1.807, 2.05) is 20.8 Å². The number of amides is 1. The van der Waals surface area contributed by atoms with Gasteiger partial charge in [-0.3, -0.25) is 9.89 Å². The number of hydrogen-bond acceptors (Lipinski definition) is 5. The molecule has 21 heavy (non-hydrogen) atoms. The van der Waals surface area contributed by atoms with E-state index in [-0.39, 0.29) is 17.1 Å². The summed E-state index contributed by atoms with van der Waals surface area (Å²) in [6, 6.07) is -0.817. The Morgan fingerprint density at radius 2 is 2.24 bits per heavy atom. The highest BCUT2D eigenvalue weighted by Crippen LogP contribution is 2.34. The number of H-pyrrole nitrogens is 1. The lowest BCUT2D eigenvalue weighted by Gasteiger charge is -2.28. The Kier molecular flexibility index (Phi) is 4.87. The van der Waals surface area contributed by atoms with E-state index in [1.165, 1.54) is 16.7 Å². The van der Waals surface area contributed by atoms with E-state index in [2.05, 4.69) is 15.2 Å².